The molecular formula is C38H46F6N8O6S2. The fraction of sp³-hybridized carbons (Fsp3) is 0.526. The van der Waals surface area contributed by atoms with Crippen LogP contribution in [0.3, 0.4) is 0 Å². The number of nitrogens with two attached hydrogens (primary N) is 2. The summed E-state index contributed by atoms with van der Waals surface area (Å²) in [6.07, 6.45) is -3.16. The molecule has 0 radical (unpaired) electrons. The number of rotatable bonds is 12. The number of hydrogen-bond acceptors (Lipinski definition) is 12. The van der Waals surface area contributed by atoms with Crippen LogP contribution < -0.4 is 42.2 Å². The van der Waals surface area contributed by atoms with Gasteiger partial charge in [0.15, 0.2) is 10.3 Å². The molecule has 60 heavy (non-hydrogen) atoms. The van der Waals surface area contributed by atoms with Crippen LogP contribution in [0.25, 0.3) is 20.4 Å². The standard InChI is InChI=1S/2C19H23F3N4O3S/c2*1-17(2,26-15(28)18(10-23)7-3-4-8-18)14(27)25-16-24-12-6-5-11(9-13(12)30-16)29-19(20,21)22/h2*5-6,9H,3-4,7-8,10,23H2,1-2H3,(H,26,28)(H,24,25,27). The van der Waals surface area contributed by atoms with Crippen LogP contribution in [0.2, 0.25) is 0 Å². The fourth-order valence-corrected chi connectivity index (χ4v) is 8.69. The molecule has 2 heterocycles. The van der Waals surface area contributed by atoms with E-state index in [0.717, 1.165) is 60.5 Å². The molecule has 4 amide bonds. The molecule has 2 fully saturated rings. The Morgan fingerprint density at radius 1 is 0.633 bits per heavy atom. The maximum Gasteiger partial charge on any atom is 0.573 e. The van der Waals surface area contributed by atoms with E-state index in [-0.39, 0.29) is 46.7 Å². The third-order valence-corrected chi connectivity index (χ3v) is 12.3. The minimum atomic E-state index is -4.79. The first-order valence-electron chi connectivity index (χ1n) is 18.9. The summed E-state index contributed by atoms with van der Waals surface area (Å²) in [5.41, 5.74) is 8.73. The van der Waals surface area contributed by atoms with Crippen LogP contribution in [-0.2, 0) is 19.2 Å². The molecule has 2 aliphatic rings. The summed E-state index contributed by atoms with van der Waals surface area (Å²) in [6.45, 7) is 6.72. The van der Waals surface area contributed by atoms with Crippen molar-refractivity contribution >= 4 is 77.0 Å². The highest BCUT2D eigenvalue weighted by molar-refractivity contribution is 7.22. The zero-order valence-corrected chi connectivity index (χ0v) is 34.8. The number of ether oxygens (including phenoxy) is 2. The van der Waals surface area contributed by atoms with Gasteiger partial charge in [-0.3, -0.25) is 29.8 Å². The number of thiazole rings is 2. The molecule has 2 saturated carbocycles. The number of carbonyl (C=O) groups excluding carboxylic acids is 4. The second-order valence-electron chi connectivity index (χ2n) is 15.8. The third kappa shape index (κ3) is 11.3. The molecule has 0 bridgehead atoms. The number of benzene rings is 2. The number of alkyl halides is 6. The lowest BCUT2D eigenvalue weighted by Gasteiger charge is -2.32. The first-order valence-corrected chi connectivity index (χ1v) is 20.5. The summed E-state index contributed by atoms with van der Waals surface area (Å²) < 4.78 is 82.9. The smallest absolute Gasteiger partial charge is 0.406 e. The van der Waals surface area contributed by atoms with Crippen LogP contribution >= 0.6 is 22.7 Å². The molecule has 22 heteroatoms. The third-order valence-electron chi connectivity index (χ3n) is 10.5. The van der Waals surface area contributed by atoms with Crippen molar-refractivity contribution in [3.05, 3.63) is 36.4 Å². The Bertz CT molecular complexity index is 2060. The normalized spacial score (nSPS) is 16.5. The maximum atomic E-state index is 12.8. The maximum absolute atomic E-state index is 12.8. The number of carbonyl (C=O) groups is 4. The molecule has 0 spiro atoms. The largest absolute Gasteiger partial charge is 0.573 e. The topological polar surface area (TPSA) is 213 Å². The number of nitrogens with zero attached hydrogens (tertiary/aromatic N) is 2. The molecule has 2 aromatic heterocycles. The molecule has 8 N–H and O–H groups in total. The first kappa shape index (κ1) is 46.3. The number of halogens is 6. The van der Waals surface area contributed by atoms with Gasteiger partial charge in [-0.15, -0.1) is 26.3 Å². The van der Waals surface area contributed by atoms with Crippen LogP contribution in [0.5, 0.6) is 11.5 Å². The van der Waals surface area contributed by atoms with E-state index in [2.05, 4.69) is 40.7 Å². The van der Waals surface area contributed by atoms with Crippen molar-refractivity contribution in [1.29, 1.82) is 0 Å². The Balaban J connectivity index is 0.000000228. The lowest BCUT2D eigenvalue weighted by molar-refractivity contribution is -0.275. The van der Waals surface area contributed by atoms with Gasteiger partial charge in [0.05, 0.1) is 31.3 Å². The van der Waals surface area contributed by atoms with Crippen LogP contribution in [0.15, 0.2) is 36.4 Å². The molecule has 4 aromatic rings. The van der Waals surface area contributed by atoms with Crippen molar-refractivity contribution in [3.8, 4) is 11.5 Å². The molecule has 0 atom stereocenters. The summed E-state index contributed by atoms with van der Waals surface area (Å²) in [7, 11) is 0. The van der Waals surface area contributed by atoms with Gasteiger partial charge >= 0.3 is 12.7 Å². The molecular weight excluding hydrogens is 843 g/mol. The Labute approximate surface area is 348 Å². The summed E-state index contributed by atoms with van der Waals surface area (Å²) in [5.74, 6) is -2.22. The van der Waals surface area contributed by atoms with E-state index in [4.69, 9.17) is 11.5 Å². The van der Waals surface area contributed by atoms with Gasteiger partial charge in [-0.05, 0) is 77.6 Å². The molecule has 2 aliphatic carbocycles. The Morgan fingerprint density at radius 2 is 0.967 bits per heavy atom. The predicted molar refractivity (Wildman–Crippen MR) is 214 cm³/mol. The molecule has 328 valence electrons. The van der Waals surface area contributed by atoms with Crippen molar-refractivity contribution in [2.24, 2.45) is 22.3 Å². The second kappa shape index (κ2) is 17.7. The zero-order chi connectivity index (χ0) is 44.3. The minimum absolute atomic E-state index is 0.205. The Morgan fingerprint density at radius 3 is 1.27 bits per heavy atom. The van der Waals surface area contributed by atoms with E-state index in [1.54, 1.807) is 27.7 Å². The molecule has 2 aromatic carbocycles. The molecule has 0 saturated heterocycles. The molecule has 14 nitrogen and oxygen atoms in total. The van der Waals surface area contributed by atoms with E-state index >= 15 is 0 Å². The van der Waals surface area contributed by atoms with Gasteiger partial charge in [-0.25, -0.2) is 9.97 Å². The van der Waals surface area contributed by atoms with E-state index in [9.17, 15) is 45.5 Å². The number of anilines is 2. The molecule has 0 aliphatic heterocycles. The number of nitrogens with one attached hydrogen (secondary N) is 4. The van der Waals surface area contributed by atoms with Crippen molar-refractivity contribution in [2.45, 2.75) is 103 Å². The van der Waals surface area contributed by atoms with E-state index in [1.165, 1.54) is 24.3 Å². The highest BCUT2D eigenvalue weighted by Gasteiger charge is 2.44. The number of hydrogen-bond donors (Lipinski definition) is 6. The van der Waals surface area contributed by atoms with Crippen molar-refractivity contribution in [1.82, 2.24) is 20.6 Å². The number of amides is 4. The van der Waals surface area contributed by atoms with Crippen LogP contribution in [-0.4, -0.2) is 70.5 Å². The quantitative estimate of drug-likeness (QED) is 0.0795. The fourth-order valence-electron chi connectivity index (χ4n) is 6.92. The highest BCUT2D eigenvalue weighted by Crippen LogP contribution is 2.39. The van der Waals surface area contributed by atoms with Crippen molar-refractivity contribution < 1.29 is 55.0 Å². The summed E-state index contributed by atoms with van der Waals surface area (Å²) in [4.78, 5) is 59.5. The van der Waals surface area contributed by atoms with Gasteiger partial charge in [0, 0.05) is 25.2 Å². The monoisotopic (exact) mass is 888 g/mol. The summed E-state index contributed by atoms with van der Waals surface area (Å²) >= 11 is 2.01. The van der Waals surface area contributed by atoms with Gasteiger partial charge in [0.2, 0.25) is 11.8 Å². The Kier molecular flexibility index (Phi) is 13.6. The second-order valence-corrected chi connectivity index (χ2v) is 17.9. The molecule has 6 rings (SSSR count). The Hall–Kier alpha value is -4.80. The van der Waals surface area contributed by atoms with Crippen LogP contribution in [0, 0.1) is 10.8 Å². The van der Waals surface area contributed by atoms with Gasteiger partial charge in [-0.2, -0.15) is 0 Å². The SMILES string of the molecule is CC(C)(NC(=O)C1(CN)CCCC1)C(=O)Nc1nc2ccc(OC(F)(F)F)cc2s1.CC(C)(NC(=O)C1(CN)CCCC1)C(=O)Nc1nc2ccc(OC(F)(F)F)cc2s1. The van der Waals surface area contributed by atoms with E-state index in [0.29, 0.717) is 46.1 Å². The van der Waals surface area contributed by atoms with Crippen LogP contribution in [0.1, 0.15) is 79.1 Å². The average molecular weight is 889 g/mol. The zero-order valence-electron chi connectivity index (χ0n) is 33.1. The van der Waals surface area contributed by atoms with E-state index < -0.39 is 46.4 Å². The van der Waals surface area contributed by atoms with Crippen molar-refractivity contribution in [2.75, 3.05) is 23.7 Å². The van der Waals surface area contributed by atoms with Crippen LogP contribution in [0.4, 0.5) is 36.6 Å². The van der Waals surface area contributed by atoms with E-state index in [1.807, 2.05) is 0 Å². The van der Waals surface area contributed by atoms with Gasteiger partial charge in [0.25, 0.3) is 11.8 Å². The predicted octanol–water partition coefficient (Wildman–Crippen LogP) is 7.09. The average Bonchev–Trinajstić information content (AvgIpc) is 3.96. The minimum Gasteiger partial charge on any atom is -0.406 e. The van der Waals surface area contributed by atoms with Gasteiger partial charge in [0.1, 0.15) is 22.6 Å². The summed E-state index contributed by atoms with van der Waals surface area (Å²) in [6, 6.07) is 7.46. The van der Waals surface area contributed by atoms with Gasteiger partial charge < -0.3 is 31.6 Å². The van der Waals surface area contributed by atoms with Crippen molar-refractivity contribution in [3.63, 3.8) is 0 Å². The lowest BCUT2D eigenvalue weighted by atomic mass is 9.84. The summed E-state index contributed by atoms with van der Waals surface area (Å²) in [5, 5.41) is 11.2. The molecule has 0 unspecified atom stereocenters. The van der Waals surface area contributed by atoms with Gasteiger partial charge in [-0.1, -0.05) is 48.4 Å². The number of fused-ring (bicyclic) bond motifs is 2. The lowest BCUT2D eigenvalue weighted by Crippen LogP contribution is -2.57. The number of aromatic nitrogens is 2. The first-order chi connectivity index (χ1) is 27.9. The highest BCUT2D eigenvalue weighted by atomic mass is 32.1.